The van der Waals surface area contributed by atoms with Gasteiger partial charge in [0.05, 0.1) is 18.1 Å². The highest BCUT2D eigenvalue weighted by atomic mass is 16.4. The summed E-state index contributed by atoms with van der Waals surface area (Å²) in [6, 6.07) is 22.0. The second kappa shape index (κ2) is 13.6. The molecule has 0 bridgehead atoms. The molecule has 3 aromatic heterocycles. The Morgan fingerprint density at radius 3 is 2.62 bits per heavy atom. The number of hydrogen-bond donors (Lipinski definition) is 3. The third-order valence-electron chi connectivity index (χ3n) is 9.45. The normalized spacial score (nSPS) is 14.7. The van der Waals surface area contributed by atoms with Gasteiger partial charge in [0.25, 0.3) is 0 Å². The first-order valence-electron chi connectivity index (χ1n) is 16.6. The Hall–Kier alpha value is -5.83. The van der Waals surface area contributed by atoms with Gasteiger partial charge < -0.3 is 24.8 Å². The molecular formula is C39H37N7O4. The summed E-state index contributed by atoms with van der Waals surface area (Å²) in [4.78, 5) is 29.4. The summed E-state index contributed by atoms with van der Waals surface area (Å²) in [5.74, 6) is 0.185. The Bertz CT molecular complexity index is 2290. The largest absolute Gasteiger partial charge is 0.481 e. The van der Waals surface area contributed by atoms with Gasteiger partial charge in [0.2, 0.25) is 5.89 Å². The fraction of sp³-hybridized carbons (Fsp3) is 0.256. The van der Waals surface area contributed by atoms with E-state index in [1.54, 1.807) is 24.2 Å². The summed E-state index contributed by atoms with van der Waals surface area (Å²) in [6.45, 7) is 6.72. The van der Waals surface area contributed by atoms with Crippen LogP contribution in [0.15, 0.2) is 77.5 Å². The highest BCUT2D eigenvalue weighted by Gasteiger charge is 2.21. The number of aliphatic carboxylic acids is 1. The van der Waals surface area contributed by atoms with Crippen molar-refractivity contribution in [1.82, 2.24) is 19.9 Å². The molecule has 3 N–H and O–H groups in total. The number of benzene rings is 3. The number of aliphatic hydroxyl groups is 1. The van der Waals surface area contributed by atoms with Crippen LogP contribution in [0, 0.1) is 25.2 Å². The van der Waals surface area contributed by atoms with Crippen LogP contribution in [0.3, 0.4) is 0 Å². The number of nitrogens with zero attached hydrogens (tertiary/aromatic N) is 6. The Morgan fingerprint density at radius 2 is 1.86 bits per heavy atom. The van der Waals surface area contributed by atoms with Crippen molar-refractivity contribution in [3.05, 3.63) is 95.3 Å². The number of aromatic nitrogens is 3. The number of nitrogens with one attached hydrogen (secondary N) is 1. The standard InChI is InChI=1S/C39H37N7O4/c1-23-30(6-4-8-32(23)39-44-34-18-28(45(3)14-12-35(48)49)17-27(19-40)37(34)50-39)31-7-5-9-33(24(31)2)43-38-36-26(10-13-41-38)16-25(20-42-36)21-46-15-11-29(47)22-46/h4-10,13,16-18,20,29,47H,11-12,14-15,21-22H2,1-3H3,(H,41,43)(H,48,49). The number of hydrogen-bond acceptors (Lipinski definition) is 10. The Labute approximate surface area is 289 Å². The molecule has 252 valence electrons. The minimum atomic E-state index is -0.888. The first kappa shape index (κ1) is 32.7. The Kier molecular flexibility index (Phi) is 8.89. The lowest BCUT2D eigenvalue weighted by Crippen LogP contribution is -2.21. The summed E-state index contributed by atoms with van der Waals surface area (Å²) in [5, 5.41) is 33.5. The van der Waals surface area contributed by atoms with Crippen molar-refractivity contribution in [3.8, 4) is 28.7 Å². The first-order chi connectivity index (χ1) is 24.2. The second-order valence-corrected chi connectivity index (χ2v) is 12.9. The van der Waals surface area contributed by atoms with Crippen molar-refractivity contribution in [1.29, 1.82) is 5.26 Å². The highest BCUT2D eigenvalue weighted by molar-refractivity contribution is 5.91. The molecule has 0 spiro atoms. The molecule has 0 aliphatic carbocycles. The molecule has 11 nitrogen and oxygen atoms in total. The van der Waals surface area contributed by atoms with Gasteiger partial charge in [0, 0.05) is 67.9 Å². The molecule has 1 fully saturated rings. The predicted molar refractivity (Wildman–Crippen MR) is 193 cm³/mol. The van der Waals surface area contributed by atoms with Crippen molar-refractivity contribution in [2.24, 2.45) is 0 Å². The zero-order chi connectivity index (χ0) is 34.9. The molecule has 1 aliphatic rings. The van der Waals surface area contributed by atoms with Crippen LogP contribution < -0.4 is 10.2 Å². The topological polar surface area (TPSA) is 152 Å². The van der Waals surface area contributed by atoms with E-state index in [2.05, 4.69) is 46.4 Å². The van der Waals surface area contributed by atoms with E-state index in [-0.39, 0.29) is 12.5 Å². The number of fused-ring (bicyclic) bond motifs is 2. The van der Waals surface area contributed by atoms with Crippen LogP contribution in [0.4, 0.5) is 17.2 Å². The minimum absolute atomic E-state index is 0.0230. The summed E-state index contributed by atoms with van der Waals surface area (Å²) in [5.41, 5.74) is 9.60. The van der Waals surface area contributed by atoms with Gasteiger partial charge in [-0.1, -0.05) is 24.3 Å². The molecule has 3 aromatic carbocycles. The van der Waals surface area contributed by atoms with E-state index >= 15 is 0 Å². The number of oxazole rings is 1. The molecule has 4 heterocycles. The van der Waals surface area contributed by atoms with Crippen LogP contribution in [0.5, 0.6) is 0 Å². The number of carbonyl (C=O) groups is 1. The van der Waals surface area contributed by atoms with E-state index in [0.717, 1.165) is 69.5 Å². The van der Waals surface area contributed by atoms with E-state index in [1.165, 1.54) is 0 Å². The molecule has 6 aromatic rings. The number of aliphatic hydroxyl groups excluding tert-OH is 1. The lowest BCUT2D eigenvalue weighted by molar-refractivity contribution is -0.136. The molecule has 0 amide bonds. The number of anilines is 3. The SMILES string of the molecule is Cc1c(Nc2nccc3cc(CN4CCC(O)C4)cnc23)cccc1-c1cccc(-c2nc3cc(N(C)CCC(=O)O)cc(C#N)c3o2)c1C. The molecule has 1 unspecified atom stereocenters. The van der Waals surface area contributed by atoms with Crippen molar-refractivity contribution in [2.45, 2.75) is 39.3 Å². The van der Waals surface area contributed by atoms with Crippen molar-refractivity contribution in [2.75, 3.05) is 36.9 Å². The van der Waals surface area contributed by atoms with Crippen LogP contribution in [0.1, 0.15) is 35.1 Å². The summed E-state index contributed by atoms with van der Waals surface area (Å²) in [6.07, 6.45) is 4.21. The maximum absolute atomic E-state index is 11.1. The van der Waals surface area contributed by atoms with E-state index in [1.807, 2.05) is 49.5 Å². The summed E-state index contributed by atoms with van der Waals surface area (Å²) >= 11 is 0. The number of carboxylic acid groups (broad SMARTS) is 1. The van der Waals surface area contributed by atoms with Gasteiger partial charge in [-0.3, -0.25) is 14.7 Å². The average Bonchev–Trinajstić information content (AvgIpc) is 3.73. The van der Waals surface area contributed by atoms with E-state index in [9.17, 15) is 15.2 Å². The maximum atomic E-state index is 11.1. The smallest absolute Gasteiger partial charge is 0.305 e. The van der Waals surface area contributed by atoms with Gasteiger partial charge in [-0.25, -0.2) is 9.97 Å². The lowest BCUT2D eigenvalue weighted by atomic mass is 9.93. The third kappa shape index (κ3) is 6.46. The van der Waals surface area contributed by atoms with Gasteiger partial charge in [0.15, 0.2) is 11.4 Å². The molecule has 11 heteroatoms. The Balaban J connectivity index is 1.18. The number of pyridine rings is 2. The summed E-state index contributed by atoms with van der Waals surface area (Å²) < 4.78 is 6.22. The highest BCUT2D eigenvalue weighted by Crippen LogP contribution is 2.38. The van der Waals surface area contributed by atoms with Crippen molar-refractivity contribution < 1.29 is 19.4 Å². The number of nitriles is 1. The first-order valence-corrected chi connectivity index (χ1v) is 16.6. The minimum Gasteiger partial charge on any atom is -0.481 e. The van der Waals surface area contributed by atoms with Crippen LogP contribution >= 0.6 is 0 Å². The van der Waals surface area contributed by atoms with Gasteiger partial charge >= 0.3 is 5.97 Å². The van der Waals surface area contributed by atoms with Crippen molar-refractivity contribution >= 4 is 45.2 Å². The van der Waals surface area contributed by atoms with Gasteiger partial charge in [-0.15, -0.1) is 0 Å². The number of carboxylic acids is 1. The second-order valence-electron chi connectivity index (χ2n) is 12.9. The quantitative estimate of drug-likeness (QED) is 0.141. The number of β-amino-alcohol motifs (C(OH)–C–C–N with tert-alkyl or cyclic N) is 1. The number of likely N-dealkylation sites (tertiary alicyclic amines) is 1. The molecule has 1 aliphatic heterocycles. The van der Waals surface area contributed by atoms with Crippen LogP contribution in [-0.4, -0.2) is 68.8 Å². The fourth-order valence-electron chi connectivity index (χ4n) is 6.68. The van der Waals surface area contributed by atoms with Crippen LogP contribution in [0.2, 0.25) is 0 Å². The zero-order valence-electron chi connectivity index (χ0n) is 28.1. The molecule has 7 rings (SSSR count). The fourth-order valence-corrected chi connectivity index (χ4v) is 6.68. The van der Waals surface area contributed by atoms with E-state index < -0.39 is 5.97 Å². The van der Waals surface area contributed by atoms with Gasteiger partial charge in [0.1, 0.15) is 17.1 Å². The zero-order valence-corrected chi connectivity index (χ0v) is 28.1. The number of rotatable bonds is 10. The van der Waals surface area contributed by atoms with Gasteiger partial charge in [-0.2, -0.15) is 5.26 Å². The van der Waals surface area contributed by atoms with E-state index in [4.69, 9.17) is 19.5 Å². The van der Waals surface area contributed by atoms with Crippen molar-refractivity contribution in [3.63, 3.8) is 0 Å². The van der Waals surface area contributed by atoms with Crippen LogP contribution in [0.25, 0.3) is 44.6 Å². The predicted octanol–water partition coefficient (Wildman–Crippen LogP) is 6.81. The van der Waals surface area contributed by atoms with Crippen LogP contribution in [-0.2, 0) is 11.3 Å². The average molecular weight is 668 g/mol. The summed E-state index contributed by atoms with van der Waals surface area (Å²) in [7, 11) is 1.79. The third-order valence-corrected chi connectivity index (χ3v) is 9.45. The molecule has 0 saturated carbocycles. The van der Waals surface area contributed by atoms with E-state index in [0.29, 0.717) is 47.1 Å². The molecule has 1 atom stereocenters. The Morgan fingerprint density at radius 1 is 1.08 bits per heavy atom. The molecular weight excluding hydrogens is 630 g/mol. The lowest BCUT2D eigenvalue weighted by Gasteiger charge is -2.18. The molecule has 0 radical (unpaired) electrons. The molecule has 50 heavy (non-hydrogen) atoms. The maximum Gasteiger partial charge on any atom is 0.305 e. The monoisotopic (exact) mass is 667 g/mol. The molecule has 1 saturated heterocycles. The van der Waals surface area contributed by atoms with Gasteiger partial charge in [-0.05, 0) is 84.5 Å².